The number of rotatable bonds is 4. The number of nitrogens with zero attached hydrogens (tertiary/aromatic N) is 1. The van der Waals surface area contributed by atoms with Crippen molar-refractivity contribution in [2.75, 3.05) is 12.4 Å². The normalized spacial score (nSPS) is 11.5. The van der Waals surface area contributed by atoms with E-state index in [0.29, 0.717) is 22.2 Å². The Morgan fingerprint density at radius 2 is 1.88 bits per heavy atom. The van der Waals surface area contributed by atoms with Crippen molar-refractivity contribution in [3.8, 4) is 5.75 Å². The van der Waals surface area contributed by atoms with E-state index < -0.39 is 18.6 Å². The maximum Gasteiger partial charge on any atom is 0.406 e. The number of carbonyl (C=O) groups excluding carboxylic acids is 1. The maximum absolute atomic E-state index is 12.7. The number of aromatic nitrogens is 1. The summed E-state index contributed by atoms with van der Waals surface area (Å²) in [6.45, 7) is 3.65. The first-order chi connectivity index (χ1) is 11.5. The summed E-state index contributed by atoms with van der Waals surface area (Å²) < 4.78 is 44.3. The zero-order valence-electron chi connectivity index (χ0n) is 14.2. The van der Waals surface area contributed by atoms with Crippen LogP contribution < -0.4 is 10.1 Å². The molecule has 4 nitrogen and oxygen atoms in total. The van der Waals surface area contributed by atoms with Gasteiger partial charge in [-0.25, -0.2) is 0 Å². The summed E-state index contributed by atoms with van der Waals surface area (Å²) in [7, 11) is 1.44. The lowest BCUT2D eigenvalue weighted by atomic mass is 10.2. The van der Waals surface area contributed by atoms with Gasteiger partial charge in [0.2, 0.25) is 0 Å². The van der Waals surface area contributed by atoms with Crippen molar-refractivity contribution < 1.29 is 22.7 Å². The minimum Gasteiger partial charge on any atom is -0.495 e. The Labute approximate surface area is 148 Å². The monoisotopic (exact) mass is 374 g/mol. The van der Waals surface area contributed by atoms with Gasteiger partial charge in [-0.3, -0.25) is 4.79 Å². The number of halogens is 4. The first-order valence-electron chi connectivity index (χ1n) is 7.42. The highest BCUT2D eigenvalue weighted by atomic mass is 35.5. The molecule has 1 aromatic carbocycles. The van der Waals surface area contributed by atoms with Crippen molar-refractivity contribution in [1.82, 2.24) is 4.57 Å². The average Bonchev–Trinajstić information content (AvgIpc) is 2.77. The van der Waals surface area contributed by atoms with E-state index in [1.807, 2.05) is 0 Å². The van der Waals surface area contributed by atoms with Crippen molar-refractivity contribution in [3.05, 3.63) is 45.7 Å². The highest BCUT2D eigenvalue weighted by Crippen LogP contribution is 2.32. The molecular formula is C17H18ClF3N2O2. The van der Waals surface area contributed by atoms with Crippen molar-refractivity contribution in [2.45, 2.75) is 33.5 Å². The van der Waals surface area contributed by atoms with Crippen LogP contribution in [0.25, 0.3) is 0 Å². The second-order valence-corrected chi connectivity index (χ2v) is 6.15. The molecule has 1 amide bonds. The van der Waals surface area contributed by atoms with Gasteiger partial charge in [0.25, 0.3) is 5.91 Å². The minimum atomic E-state index is -4.36. The highest BCUT2D eigenvalue weighted by Gasteiger charge is 2.30. The number of hydrogen-bond acceptors (Lipinski definition) is 2. The van der Waals surface area contributed by atoms with Crippen LogP contribution in [0.3, 0.4) is 0 Å². The van der Waals surface area contributed by atoms with Gasteiger partial charge in [0, 0.05) is 22.5 Å². The fourth-order valence-electron chi connectivity index (χ4n) is 2.57. The van der Waals surface area contributed by atoms with E-state index >= 15 is 0 Å². The topological polar surface area (TPSA) is 43.3 Å². The van der Waals surface area contributed by atoms with Crippen LogP contribution in [-0.2, 0) is 6.54 Å². The lowest BCUT2D eigenvalue weighted by Gasteiger charge is -2.14. The summed E-state index contributed by atoms with van der Waals surface area (Å²) >= 11 is 6.03. The number of methoxy groups -OCH3 is 1. The highest BCUT2D eigenvalue weighted by molar-refractivity contribution is 6.31. The smallest absolute Gasteiger partial charge is 0.406 e. The predicted octanol–water partition coefficient (Wildman–Crippen LogP) is 4.89. The zero-order chi connectivity index (χ0) is 18.9. The number of carbonyl (C=O) groups is 1. The van der Waals surface area contributed by atoms with E-state index in [1.54, 1.807) is 19.1 Å². The second-order valence-electron chi connectivity index (χ2n) is 5.74. The lowest BCUT2D eigenvalue weighted by Crippen LogP contribution is -2.20. The number of aryl methyl sites for hydroxylation is 2. The van der Waals surface area contributed by atoms with Gasteiger partial charge in [0.05, 0.1) is 18.4 Å². The summed E-state index contributed by atoms with van der Waals surface area (Å²) in [6, 6.07) is 4.65. The third-order valence-electron chi connectivity index (χ3n) is 3.88. The van der Waals surface area contributed by atoms with E-state index in [-0.39, 0.29) is 11.3 Å². The number of anilines is 1. The molecule has 136 valence electrons. The standard InChI is InChI=1S/C17H18ClF3N2O2/c1-9-5-14(15(25-4)7-13(9)18)22-16(24)12-6-10(2)23(11(12)3)8-17(19,20)21/h5-7H,8H2,1-4H3,(H,22,24). The number of benzene rings is 1. The third-order valence-corrected chi connectivity index (χ3v) is 4.29. The molecule has 1 heterocycles. The number of hydrogen-bond donors (Lipinski definition) is 1. The quantitative estimate of drug-likeness (QED) is 0.828. The summed E-state index contributed by atoms with van der Waals surface area (Å²) in [5.41, 5.74) is 1.92. The van der Waals surface area contributed by atoms with Gasteiger partial charge >= 0.3 is 6.18 Å². The van der Waals surface area contributed by atoms with Gasteiger partial charge in [-0.05, 0) is 38.5 Å². The van der Waals surface area contributed by atoms with Crippen molar-refractivity contribution in [3.63, 3.8) is 0 Å². The summed E-state index contributed by atoms with van der Waals surface area (Å²) in [5, 5.41) is 3.16. The van der Waals surface area contributed by atoms with Crippen LogP contribution in [0.15, 0.2) is 18.2 Å². The maximum atomic E-state index is 12.7. The van der Waals surface area contributed by atoms with E-state index in [9.17, 15) is 18.0 Å². The Morgan fingerprint density at radius 3 is 2.44 bits per heavy atom. The van der Waals surface area contributed by atoms with Gasteiger partial charge in [-0.1, -0.05) is 11.6 Å². The SMILES string of the molecule is COc1cc(Cl)c(C)cc1NC(=O)c1cc(C)n(CC(F)(F)F)c1C. The number of ether oxygens (including phenoxy) is 1. The van der Waals surface area contributed by atoms with Crippen LogP contribution in [0, 0.1) is 20.8 Å². The van der Waals surface area contributed by atoms with Crippen LogP contribution in [0.5, 0.6) is 5.75 Å². The van der Waals surface area contributed by atoms with Crippen LogP contribution in [0.2, 0.25) is 5.02 Å². The molecule has 1 aromatic heterocycles. The molecule has 0 atom stereocenters. The lowest BCUT2D eigenvalue weighted by molar-refractivity contribution is -0.141. The molecule has 0 aliphatic rings. The molecule has 25 heavy (non-hydrogen) atoms. The Hall–Kier alpha value is -2.15. The van der Waals surface area contributed by atoms with Crippen LogP contribution in [-0.4, -0.2) is 23.8 Å². The van der Waals surface area contributed by atoms with Crippen molar-refractivity contribution in [2.24, 2.45) is 0 Å². The molecular weight excluding hydrogens is 357 g/mol. The minimum absolute atomic E-state index is 0.177. The summed E-state index contributed by atoms with van der Waals surface area (Å²) in [4.78, 5) is 12.5. The molecule has 0 spiro atoms. The molecule has 0 bridgehead atoms. The Morgan fingerprint density at radius 1 is 1.24 bits per heavy atom. The molecule has 2 aromatic rings. The second kappa shape index (κ2) is 7.00. The van der Waals surface area contributed by atoms with Crippen LogP contribution in [0.1, 0.15) is 27.3 Å². The number of amides is 1. The van der Waals surface area contributed by atoms with E-state index in [1.165, 1.54) is 27.0 Å². The molecule has 8 heteroatoms. The zero-order valence-corrected chi connectivity index (χ0v) is 15.0. The third kappa shape index (κ3) is 4.28. The van der Waals surface area contributed by atoms with Crippen molar-refractivity contribution in [1.29, 1.82) is 0 Å². The Bertz CT molecular complexity index is 813. The van der Waals surface area contributed by atoms with Crippen LogP contribution >= 0.6 is 11.6 Å². The van der Waals surface area contributed by atoms with E-state index in [2.05, 4.69) is 5.32 Å². The largest absolute Gasteiger partial charge is 0.495 e. The number of alkyl halides is 3. The number of nitrogens with one attached hydrogen (secondary N) is 1. The van der Waals surface area contributed by atoms with E-state index in [0.717, 1.165) is 10.1 Å². The van der Waals surface area contributed by atoms with Gasteiger partial charge in [0.1, 0.15) is 12.3 Å². The molecule has 0 saturated heterocycles. The molecule has 0 saturated carbocycles. The Balaban J connectivity index is 2.34. The van der Waals surface area contributed by atoms with Gasteiger partial charge in [0.15, 0.2) is 0 Å². The molecule has 0 fully saturated rings. The molecule has 2 rings (SSSR count). The fraction of sp³-hybridized carbons (Fsp3) is 0.353. The van der Waals surface area contributed by atoms with Gasteiger partial charge in [-0.2, -0.15) is 13.2 Å². The fourth-order valence-corrected chi connectivity index (χ4v) is 2.73. The summed E-state index contributed by atoms with van der Waals surface area (Å²) in [5.74, 6) is -0.144. The molecule has 0 aliphatic heterocycles. The molecule has 1 N–H and O–H groups in total. The first-order valence-corrected chi connectivity index (χ1v) is 7.80. The van der Waals surface area contributed by atoms with E-state index in [4.69, 9.17) is 16.3 Å². The molecule has 0 unspecified atom stereocenters. The predicted molar refractivity (Wildman–Crippen MR) is 90.7 cm³/mol. The Kier molecular flexibility index (Phi) is 5.37. The molecule has 0 aliphatic carbocycles. The average molecular weight is 375 g/mol. The first kappa shape index (κ1) is 19.2. The van der Waals surface area contributed by atoms with Crippen LogP contribution in [0.4, 0.5) is 18.9 Å². The van der Waals surface area contributed by atoms with Gasteiger partial charge < -0.3 is 14.6 Å². The molecule has 0 radical (unpaired) electrons. The van der Waals surface area contributed by atoms with Crippen molar-refractivity contribution >= 4 is 23.2 Å². The summed E-state index contributed by atoms with van der Waals surface area (Å²) in [6.07, 6.45) is -4.36. The van der Waals surface area contributed by atoms with Gasteiger partial charge in [-0.15, -0.1) is 0 Å².